The van der Waals surface area contributed by atoms with Crippen LogP contribution in [0.3, 0.4) is 0 Å². The second kappa shape index (κ2) is 4.50. The van der Waals surface area contributed by atoms with E-state index in [1.165, 1.54) is 5.56 Å². The number of hydrazone groups is 1. The lowest BCUT2D eigenvalue weighted by Crippen LogP contribution is -2.15. The van der Waals surface area contributed by atoms with Gasteiger partial charge in [-0.15, -0.1) is 0 Å². The van der Waals surface area contributed by atoms with Crippen molar-refractivity contribution in [3.63, 3.8) is 0 Å². The van der Waals surface area contributed by atoms with Crippen molar-refractivity contribution in [3.8, 4) is 0 Å². The van der Waals surface area contributed by atoms with Crippen molar-refractivity contribution < 1.29 is 0 Å². The molecule has 0 saturated heterocycles. The van der Waals surface area contributed by atoms with Crippen LogP contribution in [0, 0.1) is 0 Å². The molecule has 13 heavy (non-hydrogen) atoms. The third-order valence-electron chi connectivity index (χ3n) is 1.93. The summed E-state index contributed by atoms with van der Waals surface area (Å²) in [5.41, 5.74) is 7.74. The van der Waals surface area contributed by atoms with Gasteiger partial charge < -0.3 is 11.6 Å². The van der Waals surface area contributed by atoms with Crippen LogP contribution in [-0.2, 0) is 6.42 Å². The van der Waals surface area contributed by atoms with Crippen molar-refractivity contribution in [2.24, 2.45) is 16.7 Å². The monoisotopic (exact) mass is 177 g/mol. The van der Waals surface area contributed by atoms with Crippen LogP contribution in [0.5, 0.6) is 0 Å². The summed E-state index contributed by atoms with van der Waals surface area (Å²) >= 11 is 0. The van der Waals surface area contributed by atoms with Crippen molar-refractivity contribution in [2.75, 3.05) is 0 Å². The summed E-state index contributed by atoms with van der Waals surface area (Å²) in [5, 5.41) is 3.43. The number of benzene rings is 1. The summed E-state index contributed by atoms with van der Waals surface area (Å²) in [6.07, 6.45) is 2.25. The average Bonchev–Trinajstić information content (AvgIpc) is 2.18. The van der Waals surface area contributed by atoms with Crippen LogP contribution in [0.4, 0.5) is 0 Å². The summed E-state index contributed by atoms with van der Waals surface area (Å²) in [5.74, 6) is 5.44. The first kappa shape index (κ1) is 9.58. The molecule has 1 aromatic rings. The Hall–Kier alpha value is -1.51. The van der Waals surface area contributed by atoms with E-state index in [4.69, 9.17) is 11.6 Å². The normalized spacial score (nSPS) is 11.6. The fourth-order valence-electron chi connectivity index (χ4n) is 1.21. The molecule has 0 aliphatic carbocycles. The molecule has 0 bridgehead atoms. The molecular weight excluding hydrogens is 162 g/mol. The quantitative estimate of drug-likeness (QED) is 0.315. The summed E-state index contributed by atoms with van der Waals surface area (Å²) in [6, 6.07) is 7.99. The third kappa shape index (κ3) is 2.47. The maximum absolute atomic E-state index is 5.54. The van der Waals surface area contributed by atoms with Gasteiger partial charge in [0.25, 0.3) is 0 Å². The van der Waals surface area contributed by atoms with Crippen LogP contribution in [0.15, 0.2) is 29.4 Å². The molecule has 0 unspecified atom stereocenters. The summed E-state index contributed by atoms with van der Waals surface area (Å²) in [7, 11) is 0. The van der Waals surface area contributed by atoms with Crippen molar-refractivity contribution in [1.29, 1.82) is 0 Å². The van der Waals surface area contributed by atoms with E-state index in [9.17, 15) is 0 Å². The lowest BCUT2D eigenvalue weighted by atomic mass is 10.1. The lowest BCUT2D eigenvalue weighted by Gasteiger charge is -2.01. The molecule has 3 heteroatoms. The highest BCUT2D eigenvalue weighted by Gasteiger charge is 1.97. The van der Waals surface area contributed by atoms with Gasteiger partial charge in [0.2, 0.25) is 0 Å². The topological polar surface area (TPSA) is 64.4 Å². The first-order chi connectivity index (χ1) is 6.27. The molecule has 0 saturated carbocycles. The average molecular weight is 177 g/mol. The van der Waals surface area contributed by atoms with Crippen LogP contribution in [0.2, 0.25) is 0 Å². The van der Waals surface area contributed by atoms with Gasteiger partial charge in [-0.2, -0.15) is 5.10 Å². The van der Waals surface area contributed by atoms with Gasteiger partial charge in [-0.25, -0.2) is 0 Å². The molecular formula is C10H15N3. The minimum Gasteiger partial charge on any atom is -0.382 e. The number of hydrogen-bond donors (Lipinski definition) is 2. The molecule has 0 heterocycles. The maximum atomic E-state index is 5.54. The van der Waals surface area contributed by atoms with E-state index >= 15 is 0 Å². The minimum absolute atomic E-state index is 0.378. The molecule has 0 fully saturated rings. The van der Waals surface area contributed by atoms with E-state index in [-0.39, 0.29) is 0 Å². The molecule has 0 radical (unpaired) electrons. The second-order valence-electron chi connectivity index (χ2n) is 2.96. The second-order valence-corrected chi connectivity index (χ2v) is 2.96. The van der Waals surface area contributed by atoms with E-state index in [1.807, 2.05) is 12.1 Å². The van der Waals surface area contributed by atoms with E-state index in [0.29, 0.717) is 5.84 Å². The van der Waals surface area contributed by atoms with E-state index < -0.39 is 0 Å². The molecule has 0 aliphatic heterocycles. The van der Waals surface area contributed by atoms with Crippen molar-refractivity contribution in [3.05, 3.63) is 35.4 Å². The van der Waals surface area contributed by atoms with Crippen LogP contribution >= 0.6 is 0 Å². The Bertz CT molecular complexity index is 288. The molecule has 0 aromatic heterocycles. The predicted molar refractivity (Wildman–Crippen MR) is 55.3 cm³/mol. The van der Waals surface area contributed by atoms with E-state index in [1.54, 1.807) is 0 Å². The summed E-state index contributed by atoms with van der Waals surface area (Å²) < 4.78 is 0. The van der Waals surface area contributed by atoms with Crippen LogP contribution in [0.25, 0.3) is 0 Å². The Morgan fingerprint density at radius 2 is 1.92 bits per heavy atom. The van der Waals surface area contributed by atoms with Gasteiger partial charge in [0.05, 0.1) is 0 Å². The van der Waals surface area contributed by atoms with Gasteiger partial charge in [0.15, 0.2) is 0 Å². The first-order valence-corrected chi connectivity index (χ1v) is 4.40. The molecule has 1 aromatic carbocycles. The highest BCUT2D eigenvalue weighted by Crippen LogP contribution is 2.05. The number of nitrogens with zero attached hydrogens (tertiary/aromatic N) is 1. The number of amidine groups is 1. The molecule has 0 aliphatic rings. The van der Waals surface area contributed by atoms with Gasteiger partial charge in [-0.1, -0.05) is 37.6 Å². The largest absolute Gasteiger partial charge is 0.382 e. The fraction of sp³-hybridized carbons (Fsp3) is 0.300. The maximum Gasteiger partial charge on any atom is 0.150 e. The number of nitrogens with two attached hydrogens (primary N) is 2. The zero-order valence-corrected chi connectivity index (χ0v) is 7.83. The van der Waals surface area contributed by atoms with Gasteiger partial charge in [0.1, 0.15) is 5.84 Å². The first-order valence-electron chi connectivity index (χ1n) is 4.40. The Balaban J connectivity index is 2.81. The molecule has 1 rings (SSSR count). The van der Waals surface area contributed by atoms with E-state index in [2.05, 4.69) is 24.2 Å². The Labute approximate surface area is 78.4 Å². The zero-order valence-electron chi connectivity index (χ0n) is 7.83. The summed E-state index contributed by atoms with van der Waals surface area (Å²) in [4.78, 5) is 0. The van der Waals surface area contributed by atoms with Gasteiger partial charge in [-0.05, 0) is 12.0 Å². The number of rotatable bonds is 3. The van der Waals surface area contributed by atoms with Crippen LogP contribution in [-0.4, -0.2) is 5.84 Å². The van der Waals surface area contributed by atoms with Crippen molar-refractivity contribution in [2.45, 2.75) is 19.8 Å². The molecule has 0 atom stereocenters. The molecule has 3 nitrogen and oxygen atoms in total. The van der Waals surface area contributed by atoms with Gasteiger partial charge in [0, 0.05) is 5.56 Å². The Morgan fingerprint density at radius 1 is 1.31 bits per heavy atom. The number of aryl methyl sites for hydroxylation is 1. The van der Waals surface area contributed by atoms with Crippen molar-refractivity contribution in [1.82, 2.24) is 0 Å². The SMILES string of the molecule is CCCc1ccc(C(N)=NN)cc1. The van der Waals surface area contributed by atoms with Crippen molar-refractivity contribution >= 4 is 5.84 Å². The molecule has 70 valence electrons. The highest BCUT2D eigenvalue weighted by atomic mass is 15.1. The Kier molecular flexibility index (Phi) is 3.31. The third-order valence-corrected chi connectivity index (χ3v) is 1.93. The van der Waals surface area contributed by atoms with Crippen LogP contribution in [0.1, 0.15) is 24.5 Å². The molecule has 0 amide bonds. The highest BCUT2D eigenvalue weighted by molar-refractivity contribution is 5.97. The molecule has 4 N–H and O–H groups in total. The van der Waals surface area contributed by atoms with E-state index in [0.717, 1.165) is 18.4 Å². The minimum atomic E-state index is 0.378. The smallest absolute Gasteiger partial charge is 0.150 e. The van der Waals surface area contributed by atoms with Gasteiger partial charge >= 0.3 is 0 Å². The Morgan fingerprint density at radius 3 is 2.38 bits per heavy atom. The predicted octanol–water partition coefficient (Wildman–Crippen LogP) is 1.22. The number of hydrogen-bond acceptors (Lipinski definition) is 2. The lowest BCUT2D eigenvalue weighted by molar-refractivity contribution is 0.922. The van der Waals surface area contributed by atoms with Crippen LogP contribution < -0.4 is 11.6 Å². The summed E-state index contributed by atoms with van der Waals surface area (Å²) in [6.45, 7) is 2.16. The standard InChI is InChI=1S/C10H15N3/c1-2-3-8-4-6-9(7-5-8)10(11)13-12/h4-7H,2-3,12H2,1H3,(H2,11,13). The molecule has 0 spiro atoms. The zero-order chi connectivity index (χ0) is 9.68. The van der Waals surface area contributed by atoms with Gasteiger partial charge in [-0.3, -0.25) is 0 Å². The fourth-order valence-corrected chi connectivity index (χ4v) is 1.21.